The lowest BCUT2D eigenvalue weighted by Crippen LogP contribution is -2.45. The van der Waals surface area contributed by atoms with E-state index in [9.17, 15) is 9.59 Å². The summed E-state index contributed by atoms with van der Waals surface area (Å²) < 4.78 is 1.68. The number of rotatable bonds is 5. The third-order valence-corrected chi connectivity index (χ3v) is 5.09. The van der Waals surface area contributed by atoms with Gasteiger partial charge in [-0.25, -0.2) is 0 Å². The lowest BCUT2D eigenvalue weighted by Gasteiger charge is -2.31. The van der Waals surface area contributed by atoms with Crippen LogP contribution in [0.3, 0.4) is 0 Å². The molecular weight excluding hydrogens is 328 g/mol. The van der Waals surface area contributed by atoms with E-state index in [1.165, 1.54) is 6.42 Å². The minimum atomic E-state index is -0.175. The minimum Gasteiger partial charge on any atom is -0.331 e. The van der Waals surface area contributed by atoms with Gasteiger partial charge in [-0.1, -0.05) is 40.0 Å². The molecule has 6 nitrogen and oxygen atoms in total. The topological polar surface area (TPSA) is 67.2 Å². The first-order valence-corrected chi connectivity index (χ1v) is 9.74. The molecule has 0 bridgehead atoms. The van der Waals surface area contributed by atoms with Gasteiger partial charge in [0.2, 0.25) is 11.8 Å². The van der Waals surface area contributed by atoms with E-state index in [1.54, 1.807) is 9.58 Å². The highest BCUT2D eigenvalue weighted by Gasteiger charge is 2.29. The van der Waals surface area contributed by atoms with Crippen LogP contribution in [0.1, 0.15) is 72.4 Å². The van der Waals surface area contributed by atoms with E-state index >= 15 is 0 Å². The van der Waals surface area contributed by atoms with E-state index in [0.717, 1.165) is 31.4 Å². The molecule has 2 rings (SSSR count). The molecule has 1 N–H and O–H groups in total. The summed E-state index contributed by atoms with van der Waals surface area (Å²) in [5.74, 6) is 0.679. The maximum Gasteiger partial charge on any atom is 0.245 e. The van der Waals surface area contributed by atoms with Crippen LogP contribution in [0.4, 0.5) is 5.82 Å². The van der Waals surface area contributed by atoms with Gasteiger partial charge >= 0.3 is 0 Å². The first-order chi connectivity index (χ1) is 12.1. The predicted molar refractivity (Wildman–Crippen MR) is 104 cm³/mol. The number of amides is 2. The number of hydrogen-bond donors (Lipinski definition) is 1. The summed E-state index contributed by atoms with van der Waals surface area (Å²) in [7, 11) is 1.82. The van der Waals surface area contributed by atoms with E-state index in [4.69, 9.17) is 0 Å². The predicted octanol–water partition coefficient (Wildman–Crippen LogP) is 3.47. The number of carbonyl (C=O) groups excluding carboxylic acids is 2. The summed E-state index contributed by atoms with van der Waals surface area (Å²) in [4.78, 5) is 27.2. The smallest absolute Gasteiger partial charge is 0.245 e. The summed E-state index contributed by atoms with van der Waals surface area (Å²) in [6.07, 6.45) is 5.32. The molecule has 0 unspecified atom stereocenters. The molecule has 1 aliphatic carbocycles. The van der Waals surface area contributed by atoms with Crippen molar-refractivity contribution in [2.75, 3.05) is 11.9 Å². The van der Waals surface area contributed by atoms with Gasteiger partial charge in [-0.15, -0.1) is 0 Å². The van der Waals surface area contributed by atoms with Gasteiger partial charge in [-0.3, -0.25) is 14.3 Å². The largest absolute Gasteiger partial charge is 0.331 e. The van der Waals surface area contributed by atoms with Gasteiger partial charge in [0.15, 0.2) is 0 Å². The Labute approximate surface area is 157 Å². The zero-order chi connectivity index (χ0) is 19.5. The van der Waals surface area contributed by atoms with Gasteiger partial charge in [-0.2, -0.15) is 5.10 Å². The van der Waals surface area contributed by atoms with Crippen molar-refractivity contribution in [3.05, 3.63) is 11.8 Å². The lowest BCUT2D eigenvalue weighted by atomic mass is 9.88. The van der Waals surface area contributed by atoms with Crippen molar-refractivity contribution in [3.8, 4) is 0 Å². The SMILES string of the molecule is CC(C)N(CC(=O)Nc1cc(C(C)(C)C)nn1C)C(=O)C1CCCCC1. The normalized spacial score (nSPS) is 16.0. The molecule has 26 heavy (non-hydrogen) atoms. The third-order valence-electron chi connectivity index (χ3n) is 5.09. The first-order valence-electron chi connectivity index (χ1n) is 9.74. The van der Waals surface area contributed by atoms with Crippen molar-refractivity contribution in [1.29, 1.82) is 0 Å². The molecule has 1 heterocycles. The molecule has 0 radical (unpaired) electrons. The highest BCUT2D eigenvalue weighted by Crippen LogP contribution is 2.26. The van der Waals surface area contributed by atoms with E-state index in [2.05, 4.69) is 31.2 Å². The second-order valence-corrected chi connectivity index (χ2v) is 8.73. The van der Waals surface area contributed by atoms with E-state index in [1.807, 2.05) is 27.0 Å². The Morgan fingerprint density at radius 2 is 1.88 bits per heavy atom. The highest BCUT2D eigenvalue weighted by molar-refractivity contribution is 5.94. The van der Waals surface area contributed by atoms with Crippen LogP contribution in [0, 0.1) is 5.92 Å². The Balaban J connectivity index is 2.04. The Hall–Kier alpha value is -1.85. The summed E-state index contributed by atoms with van der Waals surface area (Å²) in [5.41, 5.74) is 0.844. The second-order valence-electron chi connectivity index (χ2n) is 8.73. The molecule has 0 spiro atoms. The van der Waals surface area contributed by atoms with Crippen molar-refractivity contribution < 1.29 is 9.59 Å². The van der Waals surface area contributed by atoms with Crippen LogP contribution in [0.15, 0.2) is 6.07 Å². The Morgan fingerprint density at radius 1 is 1.27 bits per heavy atom. The molecule has 1 aromatic rings. The standard InChI is InChI=1S/C20H34N4O2/c1-14(2)24(19(26)15-10-8-7-9-11-15)13-18(25)21-17-12-16(20(3,4)5)22-23(17)6/h12,14-15H,7-11,13H2,1-6H3,(H,21,25). The first kappa shape index (κ1) is 20.5. The van der Waals surface area contributed by atoms with Crippen molar-refractivity contribution in [3.63, 3.8) is 0 Å². The van der Waals surface area contributed by atoms with Crippen molar-refractivity contribution in [1.82, 2.24) is 14.7 Å². The molecule has 1 aromatic heterocycles. The molecule has 1 fully saturated rings. The Bertz CT molecular complexity index is 637. The van der Waals surface area contributed by atoms with Crippen LogP contribution in [0.25, 0.3) is 0 Å². The summed E-state index contributed by atoms with van der Waals surface area (Å²) >= 11 is 0. The average Bonchev–Trinajstić information content (AvgIpc) is 2.93. The third kappa shape index (κ3) is 5.08. The molecule has 146 valence electrons. The van der Waals surface area contributed by atoms with E-state index in [-0.39, 0.29) is 35.7 Å². The van der Waals surface area contributed by atoms with Gasteiger partial charge < -0.3 is 10.2 Å². The van der Waals surface area contributed by atoms with Crippen LogP contribution in [-0.4, -0.2) is 39.1 Å². The zero-order valence-corrected chi connectivity index (χ0v) is 17.1. The van der Waals surface area contributed by atoms with Crippen LogP contribution in [-0.2, 0) is 22.1 Å². The van der Waals surface area contributed by atoms with Crippen molar-refractivity contribution in [2.24, 2.45) is 13.0 Å². The summed E-state index contributed by atoms with van der Waals surface area (Å²) in [6, 6.07) is 1.91. The van der Waals surface area contributed by atoms with E-state index in [0.29, 0.717) is 5.82 Å². The van der Waals surface area contributed by atoms with Crippen LogP contribution in [0.2, 0.25) is 0 Å². The minimum absolute atomic E-state index is 0.00634. The van der Waals surface area contributed by atoms with Gasteiger partial charge in [0, 0.05) is 30.5 Å². The molecule has 6 heteroatoms. The number of aryl methyl sites for hydroxylation is 1. The number of nitrogens with one attached hydrogen (secondary N) is 1. The second kappa shape index (κ2) is 8.23. The Kier molecular flexibility index (Phi) is 6.48. The quantitative estimate of drug-likeness (QED) is 0.872. The van der Waals surface area contributed by atoms with Crippen LogP contribution in [0.5, 0.6) is 0 Å². The molecule has 1 saturated carbocycles. The average molecular weight is 363 g/mol. The fourth-order valence-corrected chi connectivity index (χ4v) is 3.39. The van der Waals surface area contributed by atoms with Crippen molar-refractivity contribution >= 4 is 17.6 Å². The lowest BCUT2D eigenvalue weighted by molar-refractivity contribution is -0.141. The van der Waals surface area contributed by atoms with Crippen molar-refractivity contribution in [2.45, 2.75) is 78.2 Å². The molecule has 0 aromatic carbocycles. The monoisotopic (exact) mass is 362 g/mol. The van der Waals surface area contributed by atoms with E-state index < -0.39 is 0 Å². The molecule has 2 amide bonds. The molecule has 1 aliphatic rings. The fourth-order valence-electron chi connectivity index (χ4n) is 3.39. The fraction of sp³-hybridized carbons (Fsp3) is 0.750. The molecule has 0 atom stereocenters. The number of carbonyl (C=O) groups is 2. The zero-order valence-electron chi connectivity index (χ0n) is 17.1. The molecule has 0 saturated heterocycles. The molecule has 0 aliphatic heterocycles. The number of nitrogens with zero attached hydrogens (tertiary/aromatic N) is 3. The summed E-state index contributed by atoms with van der Waals surface area (Å²) in [6.45, 7) is 10.3. The number of aromatic nitrogens is 2. The van der Waals surface area contributed by atoms with Gasteiger partial charge in [0.25, 0.3) is 0 Å². The number of hydrogen-bond acceptors (Lipinski definition) is 3. The summed E-state index contributed by atoms with van der Waals surface area (Å²) in [5, 5.41) is 7.39. The number of anilines is 1. The van der Waals surface area contributed by atoms with Crippen LogP contribution < -0.4 is 5.32 Å². The van der Waals surface area contributed by atoms with Crippen LogP contribution >= 0.6 is 0 Å². The van der Waals surface area contributed by atoms with Gasteiger partial charge in [0.1, 0.15) is 12.4 Å². The van der Waals surface area contributed by atoms with Gasteiger partial charge in [-0.05, 0) is 26.7 Å². The highest BCUT2D eigenvalue weighted by atomic mass is 16.2. The Morgan fingerprint density at radius 3 is 2.38 bits per heavy atom. The maximum atomic E-state index is 12.9. The van der Waals surface area contributed by atoms with Gasteiger partial charge in [0.05, 0.1) is 5.69 Å². The maximum absolute atomic E-state index is 12.9. The molecular formula is C20H34N4O2.